The van der Waals surface area contributed by atoms with Gasteiger partial charge >= 0.3 is 0 Å². The summed E-state index contributed by atoms with van der Waals surface area (Å²) in [5.41, 5.74) is 5.89. The summed E-state index contributed by atoms with van der Waals surface area (Å²) in [4.78, 5) is 8.01. The van der Waals surface area contributed by atoms with Crippen LogP contribution in [0.15, 0.2) is 72.8 Å². The van der Waals surface area contributed by atoms with Gasteiger partial charge in [-0.2, -0.15) is 5.26 Å². The number of nitrogens with zero attached hydrogens (tertiary/aromatic N) is 2. The van der Waals surface area contributed by atoms with Gasteiger partial charge in [-0.05, 0) is 41.5 Å². The standard InChI is InChI=1S/C22H15N3/c23-15-18-12-9-16(10-13-18)8-11-17-4-3-5-19(14-17)22-24-20-6-1-2-7-21(20)25-22/h1-14H,(H,24,25). The van der Waals surface area contributed by atoms with Gasteiger partial charge in [0.25, 0.3) is 0 Å². The largest absolute Gasteiger partial charge is 0.338 e. The Kier molecular flexibility index (Phi) is 3.86. The molecule has 0 spiro atoms. The molecule has 0 amide bonds. The van der Waals surface area contributed by atoms with Crippen LogP contribution in [0.1, 0.15) is 16.7 Å². The number of benzene rings is 3. The van der Waals surface area contributed by atoms with E-state index in [0.29, 0.717) is 5.56 Å². The Morgan fingerprint density at radius 3 is 2.44 bits per heavy atom. The van der Waals surface area contributed by atoms with Gasteiger partial charge < -0.3 is 4.98 Å². The summed E-state index contributed by atoms with van der Waals surface area (Å²) in [6, 6.07) is 25.9. The van der Waals surface area contributed by atoms with Crippen molar-refractivity contribution in [1.82, 2.24) is 9.97 Å². The molecule has 0 aliphatic heterocycles. The van der Waals surface area contributed by atoms with Gasteiger partial charge in [0.1, 0.15) is 5.82 Å². The second-order valence-electron chi connectivity index (χ2n) is 5.80. The Labute approximate surface area is 145 Å². The third-order valence-corrected chi connectivity index (χ3v) is 4.06. The predicted octanol–water partition coefficient (Wildman–Crippen LogP) is 5.27. The highest BCUT2D eigenvalue weighted by atomic mass is 14.9. The first kappa shape index (κ1) is 14.9. The van der Waals surface area contributed by atoms with E-state index in [-0.39, 0.29) is 0 Å². The quantitative estimate of drug-likeness (QED) is 0.522. The van der Waals surface area contributed by atoms with Crippen LogP contribution < -0.4 is 0 Å². The monoisotopic (exact) mass is 321 g/mol. The van der Waals surface area contributed by atoms with Gasteiger partial charge in [0.15, 0.2) is 0 Å². The molecule has 0 bridgehead atoms. The summed E-state index contributed by atoms with van der Waals surface area (Å²) in [6.07, 6.45) is 4.10. The van der Waals surface area contributed by atoms with Crippen LogP contribution in [-0.2, 0) is 0 Å². The van der Waals surface area contributed by atoms with E-state index in [1.807, 2.05) is 60.7 Å². The predicted molar refractivity (Wildman–Crippen MR) is 102 cm³/mol. The third kappa shape index (κ3) is 3.19. The molecule has 1 aromatic heterocycles. The van der Waals surface area contributed by atoms with Crippen molar-refractivity contribution in [1.29, 1.82) is 5.26 Å². The van der Waals surface area contributed by atoms with E-state index in [9.17, 15) is 0 Å². The second kappa shape index (κ2) is 6.46. The summed E-state index contributed by atoms with van der Waals surface area (Å²) >= 11 is 0. The minimum Gasteiger partial charge on any atom is -0.338 e. The van der Waals surface area contributed by atoms with Gasteiger partial charge in [0.05, 0.1) is 22.7 Å². The molecule has 0 aliphatic carbocycles. The molecule has 3 nitrogen and oxygen atoms in total. The lowest BCUT2D eigenvalue weighted by molar-refractivity contribution is 1.33. The van der Waals surface area contributed by atoms with Crippen LogP contribution in [0.4, 0.5) is 0 Å². The van der Waals surface area contributed by atoms with E-state index >= 15 is 0 Å². The first-order valence-corrected chi connectivity index (χ1v) is 8.05. The highest BCUT2D eigenvalue weighted by molar-refractivity contribution is 5.80. The minimum absolute atomic E-state index is 0.670. The van der Waals surface area contributed by atoms with Crippen molar-refractivity contribution in [2.75, 3.05) is 0 Å². The number of aromatic nitrogens is 2. The molecule has 3 heteroatoms. The number of hydrogen-bond donors (Lipinski definition) is 1. The van der Waals surface area contributed by atoms with Gasteiger partial charge in [0, 0.05) is 5.56 Å². The number of hydrogen-bond acceptors (Lipinski definition) is 2. The van der Waals surface area contributed by atoms with Crippen molar-refractivity contribution in [3.63, 3.8) is 0 Å². The van der Waals surface area contributed by atoms with E-state index in [1.165, 1.54) is 0 Å². The first-order chi connectivity index (χ1) is 12.3. The molecule has 0 saturated carbocycles. The van der Waals surface area contributed by atoms with Crippen molar-refractivity contribution in [2.45, 2.75) is 0 Å². The van der Waals surface area contributed by atoms with Crippen molar-refractivity contribution < 1.29 is 0 Å². The summed E-state index contributed by atoms with van der Waals surface area (Å²) in [7, 11) is 0. The Morgan fingerprint density at radius 2 is 1.64 bits per heavy atom. The normalized spacial score (nSPS) is 11.0. The Balaban J connectivity index is 1.62. The maximum atomic E-state index is 8.85. The van der Waals surface area contributed by atoms with Gasteiger partial charge in [-0.1, -0.05) is 54.6 Å². The highest BCUT2D eigenvalue weighted by Gasteiger charge is 2.04. The molecule has 1 heterocycles. The molecule has 0 atom stereocenters. The van der Waals surface area contributed by atoms with Crippen LogP contribution in [0, 0.1) is 11.3 Å². The van der Waals surface area contributed by atoms with Crippen LogP contribution in [0.25, 0.3) is 34.6 Å². The minimum atomic E-state index is 0.670. The van der Waals surface area contributed by atoms with Crippen molar-refractivity contribution >= 4 is 23.2 Å². The molecule has 25 heavy (non-hydrogen) atoms. The molecule has 3 aromatic carbocycles. The summed E-state index contributed by atoms with van der Waals surface area (Å²) in [5, 5.41) is 8.85. The van der Waals surface area contributed by atoms with E-state index in [1.54, 1.807) is 0 Å². The topological polar surface area (TPSA) is 52.5 Å². The SMILES string of the molecule is N#Cc1ccc(C=Cc2cccc(-c3nc4ccccc4[nH]3)c2)cc1. The average Bonchev–Trinajstić information content (AvgIpc) is 3.11. The highest BCUT2D eigenvalue weighted by Crippen LogP contribution is 2.22. The maximum Gasteiger partial charge on any atom is 0.138 e. The Hall–Kier alpha value is -3.64. The summed E-state index contributed by atoms with van der Waals surface area (Å²) in [5.74, 6) is 0.870. The van der Waals surface area contributed by atoms with Gasteiger partial charge in [-0.3, -0.25) is 0 Å². The lowest BCUT2D eigenvalue weighted by Gasteiger charge is -1.99. The molecule has 4 aromatic rings. The average molecular weight is 321 g/mol. The van der Waals surface area contributed by atoms with Gasteiger partial charge in [0.2, 0.25) is 0 Å². The molecule has 0 radical (unpaired) electrons. The number of rotatable bonds is 3. The van der Waals surface area contributed by atoms with Crippen LogP contribution >= 0.6 is 0 Å². The number of H-pyrrole nitrogens is 1. The third-order valence-electron chi connectivity index (χ3n) is 4.06. The number of para-hydroxylation sites is 2. The molecule has 0 fully saturated rings. The zero-order chi connectivity index (χ0) is 17.1. The van der Waals surface area contributed by atoms with Crippen LogP contribution in [0.3, 0.4) is 0 Å². The Bertz CT molecular complexity index is 1060. The van der Waals surface area contributed by atoms with Crippen molar-refractivity contribution in [3.05, 3.63) is 89.5 Å². The van der Waals surface area contributed by atoms with E-state index < -0.39 is 0 Å². The summed E-state index contributed by atoms with van der Waals surface area (Å²) < 4.78 is 0. The smallest absolute Gasteiger partial charge is 0.138 e. The fraction of sp³-hybridized carbons (Fsp3) is 0. The number of aromatic amines is 1. The first-order valence-electron chi connectivity index (χ1n) is 8.05. The number of nitrogens with one attached hydrogen (secondary N) is 1. The molecular weight excluding hydrogens is 306 g/mol. The molecular formula is C22H15N3. The number of nitriles is 1. The lowest BCUT2D eigenvalue weighted by atomic mass is 10.1. The maximum absolute atomic E-state index is 8.85. The fourth-order valence-corrected chi connectivity index (χ4v) is 2.74. The molecule has 0 unspecified atom stereocenters. The van der Waals surface area contributed by atoms with Crippen molar-refractivity contribution in [2.24, 2.45) is 0 Å². The molecule has 1 N–H and O–H groups in total. The number of imidazole rings is 1. The molecule has 0 aliphatic rings. The van der Waals surface area contributed by atoms with Crippen LogP contribution in [0.2, 0.25) is 0 Å². The van der Waals surface area contributed by atoms with Crippen LogP contribution in [0.5, 0.6) is 0 Å². The second-order valence-corrected chi connectivity index (χ2v) is 5.80. The molecule has 0 saturated heterocycles. The van der Waals surface area contributed by atoms with Crippen molar-refractivity contribution in [3.8, 4) is 17.5 Å². The Morgan fingerprint density at radius 1 is 0.840 bits per heavy atom. The lowest BCUT2D eigenvalue weighted by Crippen LogP contribution is -1.81. The fourth-order valence-electron chi connectivity index (χ4n) is 2.74. The number of fused-ring (bicyclic) bond motifs is 1. The molecule has 118 valence electrons. The van der Waals surface area contributed by atoms with Gasteiger partial charge in [-0.25, -0.2) is 4.98 Å². The zero-order valence-electron chi connectivity index (χ0n) is 13.5. The summed E-state index contributed by atoms with van der Waals surface area (Å²) in [6.45, 7) is 0. The zero-order valence-corrected chi connectivity index (χ0v) is 13.5. The van der Waals surface area contributed by atoms with E-state index in [0.717, 1.165) is 33.5 Å². The van der Waals surface area contributed by atoms with Gasteiger partial charge in [-0.15, -0.1) is 0 Å². The molecule has 4 rings (SSSR count). The van der Waals surface area contributed by atoms with E-state index in [4.69, 9.17) is 5.26 Å². The van der Waals surface area contributed by atoms with E-state index in [2.05, 4.69) is 40.3 Å². The van der Waals surface area contributed by atoms with Crippen LogP contribution in [-0.4, -0.2) is 9.97 Å².